The van der Waals surface area contributed by atoms with Gasteiger partial charge in [-0.15, -0.1) is 0 Å². The van der Waals surface area contributed by atoms with Crippen LogP contribution in [0, 0.1) is 0 Å². The third-order valence-electron chi connectivity index (χ3n) is 13.9. The van der Waals surface area contributed by atoms with Crippen molar-refractivity contribution < 1.29 is 4.42 Å². The molecule has 328 valence electrons. The molecule has 0 aliphatic rings. The first-order chi connectivity index (χ1) is 34.7. The van der Waals surface area contributed by atoms with Gasteiger partial charge in [0.05, 0.1) is 5.69 Å². The Morgan fingerprint density at radius 1 is 0.243 bits per heavy atom. The van der Waals surface area contributed by atoms with E-state index in [4.69, 9.17) is 4.42 Å². The van der Waals surface area contributed by atoms with Crippen LogP contribution in [0.2, 0.25) is 0 Å². The molecule has 0 atom stereocenters. The summed E-state index contributed by atoms with van der Waals surface area (Å²) in [6.07, 6.45) is 0. The molecule has 2 nitrogen and oxygen atoms in total. The van der Waals surface area contributed by atoms with Gasteiger partial charge in [-0.2, -0.15) is 0 Å². The molecule has 12 aromatic carbocycles. The number of fused-ring (bicyclic) bond motifs is 6. The maximum Gasteiger partial charge on any atom is 0.143 e. The Bertz CT molecular complexity index is 3970. The average molecular weight is 892 g/mol. The molecule has 13 aromatic rings. The van der Waals surface area contributed by atoms with Crippen molar-refractivity contribution in [3.8, 4) is 66.8 Å². The minimum absolute atomic E-state index is 0.895. The number of para-hydroxylation sites is 3. The smallest absolute Gasteiger partial charge is 0.143 e. The second-order valence-corrected chi connectivity index (χ2v) is 17.9. The van der Waals surface area contributed by atoms with Crippen molar-refractivity contribution in [1.82, 2.24) is 0 Å². The van der Waals surface area contributed by atoms with E-state index in [2.05, 4.69) is 266 Å². The molecule has 2 heteroatoms. The molecule has 0 unspecified atom stereocenters. The van der Waals surface area contributed by atoms with Crippen LogP contribution in [-0.4, -0.2) is 0 Å². The van der Waals surface area contributed by atoms with Gasteiger partial charge in [-0.05, 0) is 108 Å². The fraction of sp³-hybridized carbons (Fsp3) is 0. The summed E-state index contributed by atoms with van der Waals surface area (Å²) < 4.78 is 6.54. The molecule has 0 aliphatic heterocycles. The highest BCUT2D eigenvalue weighted by Gasteiger charge is 2.24. The largest absolute Gasteiger partial charge is 0.455 e. The SMILES string of the molecule is c1ccc(-c2cccc(-c3ccccc3)c2N(c2ccc(-c3cccc4c3oc3ccccc34)cc2)c2cccc(-c3ccc4c(c3)c(-c3ccccc3)c(-c3ccccc3)c3ccccc34)c2)cc1. The fourth-order valence-electron chi connectivity index (χ4n) is 10.7. The first-order valence-corrected chi connectivity index (χ1v) is 24.0. The molecule has 0 fully saturated rings. The van der Waals surface area contributed by atoms with Crippen LogP contribution in [0.5, 0.6) is 0 Å². The zero-order valence-corrected chi connectivity index (χ0v) is 38.3. The van der Waals surface area contributed by atoms with Crippen molar-refractivity contribution >= 4 is 60.5 Å². The van der Waals surface area contributed by atoms with Gasteiger partial charge in [0.2, 0.25) is 0 Å². The minimum Gasteiger partial charge on any atom is -0.455 e. The van der Waals surface area contributed by atoms with Gasteiger partial charge in [-0.3, -0.25) is 0 Å². The zero-order valence-electron chi connectivity index (χ0n) is 38.3. The summed E-state index contributed by atoms with van der Waals surface area (Å²) in [6, 6.07) is 98.8. The van der Waals surface area contributed by atoms with Crippen LogP contribution in [0.15, 0.2) is 277 Å². The third kappa shape index (κ3) is 7.13. The van der Waals surface area contributed by atoms with Gasteiger partial charge in [0.1, 0.15) is 11.2 Å². The summed E-state index contributed by atoms with van der Waals surface area (Å²) in [7, 11) is 0. The van der Waals surface area contributed by atoms with Crippen LogP contribution < -0.4 is 4.90 Å². The molecule has 70 heavy (non-hydrogen) atoms. The van der Waals surface area contributed by atoms with Gasteiger partial charge >= 0.3 is 0 Å². The number of rotatable bonds is 9. The molecule has 0 saturated heterocycles. The maximum atomic E-state index is 6.54. The van der Waals surface area contributed by atoms with Crippen molar-refractivity contribution in [2.75, 3.05) is 4.90 Å². The first kappa shape index (κ1) is 41.0. The number of anilines is 3. The number of nitrogens with zero attached hydrogens (tertiary/aromatic N) is 1. The summed E-state index contributed by atoms with van der Waals surface area (Å²) >= 11 is 0. The Balaban J connectivity index is 1.03. The topological polar surface area (TPSA) is 16.4 Å². The van der Waals surface area contributed by atoms with Crippen molar-refractivity contribution in [2.24, 2.45) is 0 Å². The quantitative estimate of drug-likeness (QED) is 0.134. The van der Waals surface area contributed by atoms with Crippen LogP contribution >= 0.6 is 0 Å². The van der Waals surface area contributed by atoms with E-state index in [-0.39, 0.29) is 0 Å². The van der Waals surface area contributed by atoms with Gasteiger partial charge in [-0.1, -0.05) is 237 Å². The predicted octanol–water partition coefficient (Wildman–Crippen LogP) is 19.4. The summed E-state index contributed by atoms with van der Waals surface area (Å²) in [5.74, 6) is 0. The molecule has 0 N–H and O–H groups in total. The fourth-order valence-corrected chi connectivity index (χ4v) is 10.7. The molecule has 0 bridgehead atoms. The van der Waals surface area contributed by atoms with E-state index in [1.54, 1.807) is 0 Å². The Morgan fingerprint density at radius 3 is 1.34 bits per heavy atom. The second kappa shape index (κ2) is 17.4. The molecule has 1 heterocycles. The Morgan fingerprint density at radius 2 is 0.686 bits per heavy atom. The lowest BCUT2D eigenvalue weighted by atomic mass is 9.84. The van der Waals surface area contributed by atoms with Gasteiger partial charge in [-0.25, -0.2) is 0 Å². The highest BCUT2D eigenvalue weighted by atomic mass is 16.3. The van der Waals surface area contributed by atoms with E-state index in [0.717, 1.165) is 83.5 Å². The second-order valence-electron chi connectivity index (χ2n) is 17.9. The summed E-state index contributed by atoms with van der Waals surface area (Å²) in [5.41, 5.74) is 18.9. The molecular weight excluding hydrogens is 847 g/mol. The standard InChI is InChI=1S/C68H45NO/c1-5-20-46(21-6-1)55-33-18-34-56(47-22-7-2-8-23-47)67(55)69(53-41-38-48(39-42-53)57-35-19-36-62-60-31-15-16-37-64(60)70-68(57)62)54-29-17-28-51(44-54)52-40-43-59-58-30-13-14-32-61(58)65(49-24-9-3-10-25-49)66(63(59)45-52)50-26-11-4-12-27-50/h1-45H. The lowest BCUT2D eigenvalue weighted by molar-refractivity contribution is 0.670. The number of hydrogen-bond donors (Lipinski definition) is 0. The van der Waals surface area contributed by atoms with Crippen molar-refractivity contribution in [1.29, 1.82) is 0 Å². The molecule has 0 aliphatic carbocycles. The molecule has 13 rings (SSSR count). The van der Waals surface area contributed by atoms with Crippen LogP contribution in [0.4, 0.5) is 17.1 Å². The van der Waals surface area contributed by atoms with Gasteiger partial charge in [0.15, 0.2) is 0 Å². The van der Waals surface area contributed by atoms with E-state index in [9.17, 15) is 0 Å². The maximum absolute atomic E-state index is 6.54. The Hall–Kier alpha value is -9.24. The lowest BCUT2D eigenvalue weighted by Crippen LogP contribution is -2.13. The van der Waals surface area contributed by atoms with E-state index in [0.29, 0.717) is 0 Å². The Kier molecular flexibility index (Phi) is 10.2. The monoisotopic (exact) mass is 891 g/mol. The Labute approximate surface area is 407 Å². The highest BCUT2D eigenvalue weighted by molar-refractivity contribution is 6.22. The van der Waals surface area contributed by atoms with Gasteiger partial charge < -0.3 is 9.32 Å². The van der Waals surface area contributed by atoms with Gasteiger partial charge in [0, 0.05) is 38.8 Å². The molecule has 0 saturated carbocycles. The number of benzene rings is 12. The normalized spacial score (nSPS) is 11.4. The summed E-state index contributed by atoms with van der Waals surface area (Å²) in [4.78, 5) is 2.46. The molecule has 0 radical (unpaired) electrons. The average Bonchev–Trinajstić information content (AvgIpc) is 3.83. The first-order valence-electron chi connectivity index (χ1n) is 24.0. The van der Waals surface area contributed by atoms with Gasteiger partial charge in [0.25, 0.3) is 0 Å². The van der Waals surface area contributed by atoms with Crippen LogP contribution in [0.1, 0.15) is 0 Å². The molecular formula is C68H45NO. The number of furan rings is 1. The van der Waals surface area contributed by atoms with E-state index in [1.807, 2.05) is 12.1 Å². The van der Waals surface area contributed by atoms with Crippen molar-refractivity contribution in [3.63, 3.8) is 0 Å². The van der Waals surface area contributed by atoms with E-state index >= 15 is 0 Å². The highest BCUT2D eigenvalue weighted by Crippen LogP contribution is 2.49. The number of hydrogen-bond acceptors (Lipinski definition) is 2. The lowest BCUT2D eigenvalue weighted by Gasteiger charge is -2.31. The van der Waals surface area contributed by atoms with E-state index < -0.39 is 0 Å². The molecule has 0 amide bonds. The van der Waals surface area contributed by atoms with E-state index in [1.165, 1.54) is 43.8 Å². The van der Waals surface area contributed by atoms with Crippen molar-refractivity contribution in [3.05, 3.63) is 273 Å². The third-order valence-corrected chi connectivity index (χ3v) is 13.9. The zero-order chi connectivity index (χ0) is 46.4. The van der Waals surface area contributed by atoms with Crippen LogP contribution in [0.3, 0.4) is 0 Å². The summed E-state index contributed by atoms with van der Waals surface area (Å²) in [5, 5.41) is 7.19. The molecule has 1 aromatic heterocycles. The minimum atomic E-state index is 0.895. The van der Waals surface area contributed by atoms with Crippen molar-refractivity contribution in [2.45, 2.75) is 0 Å². The summed E-state index contributed by atoms with van der Waals surface area (Å²) in [6.45, 7) is 0. The van der Waals surface area contributed by atoms with Crippen LogP contribution in [-0.2, 0) is 0 Å². The molecule has 0 spiro atoms. The van der Waals surface area contributed by atoms with Crippen LogP contribution in [0.25, 0.3) is 110 Å². The predicted molar refractivity (Wildman–Crippen MR) is 296 cm³/mol.